The second-order valence-electron chi connectivity index (χ2n) is 7.34. The summed E-state index contributed by atoms with van der Waals surface area (Å²) in [5.41, 5.74) is 0.675. The van der Waals surface area contributed by atoms with Gasteiger partial charge in [-0.2, -0.15) is 0 Å². The number of hydrogen-bond acceptors (Lipinski definition) is 4. The molecule has 144 valence electrons. The van der Waals surface area contributed by atoms with Crippen LogP contribution in [0.15, 0.2) is 36.7 Å². The normalized spacial score (nSPS) is 25.1. The number of piperidine rings is 1. The Morgan fingerprint density at radius 1 is 1.44 bits per heavy atom. The molecule has 0 aromatic carbocycles. The van der Waals surface area contributed by atoms with Crippen LogP contribution in [0, 0.1) is 5.82 Å². The second-order valence-corrected chi connectivity index (χ2v) is 7.34. The fourth-order valence-corrected chi connectivity index (χ4v) is 4.01. The minimum atomic E-state index is -0.469. The molecular weight excluding hydrogens is 349 g/mol. The van der Waals surface area contributed by atoms with Crippen LogP contribution in [0.5, 0.6) is 5.88 Å². The highest BCUT2D eigenvalue weighted by Crippen LogP contribution is 2.36. The molecule has 2 aromatic heterocycles. The molecule has 1 N–H and O–H groups in total. The van der Waals surface area contributed by atoms with Crippen LogP contribution in [0.1, 0.15) is 31.4 Å². The Balaban J connectivity index is 1.33. The number of nitrogens with one attached hydrogen (secondary N) is 1. The van der Waals surface area contributed by atoms with Gasteiger partial charge in [-0.05, 0) is 43.5 Å². The van der Waals surface area contributed by atoms with E-state index in [0.717, 1.165) is 25.1 Å². The average Bonchev–Trinajstić information content (AvgIpc) is 3.32. The van der Waals surface area contributed by atoms with Gasteiger partial charge in [-0.1, -0.05) is 0 Å². The zero-order valence-electron chi connectivity index (χ0n) is 15.2. The van der Waals surface area contributed by atoms with E-state index >= 15 is 0 Å². The monoisotopic (exact) mass is 373 g/mol. The number of ether oxygens (including phenoxy) is 2. The highest BCUT2D eigenvalue weighted by atomic mass is 19.1. The Kier molecular flexibility index (Phi) is 5.11. The maximum absolute atomic E-state index is 13.8. The van der Waals surface area contributed by atoms with Crippen LogP contribution in [0.3, 0.4) is 0 Å². The van der Waals surface area contributed by atoms with Gasteiger partial charge < -0.3 is 19.4 Å². The molecule has 0 bridgehead atoms. The molecule has 2 aromatic rings. The van der Waals surface area contributed by atoms with Crippen LogP contribution in [-0.4, -0.2) is 52.2 Å². The van der Waals surface area contributed by atoms with Gasteiger partial charge >= 0.3 is 0 Å². The van der Waals surface area contributed by atoms with Gasteiger partial charge in [0.25, 0.3) is 5.88 Å². The van der Waals surface area contributed by atoms with E-state index in [9.17, 15) is 9.18 Å². The SMILES string of the molecule is O=C(CCc1ccc[nH]1)N1CCC[C@@]2(C[C@@H](Oc3ncccc3F)CO2)C1. The minimum Gasteiger partial charge on any atom is -0.470 e. The lowest BCUT2D eigenvalue weighted by molar-refractivity contribution is -0.139. The number of aromatic nitrogens is 2. The quantitative estimate of drug-likeness (QED) is 0.875. The summed E-state index contributed by atoms with van der Waals surface area (Å²) in [6, 6.07) is 6.79. The molecule has 6 nitrogen and oxygen atoms in total. The van der Waals surface area contributed by atoms with Crippen LogP contribution in [-0.2, 0) is 16.0 Å². The van der Waals surface area contributed by atoms with Crippen molar-refractivity contribution in [1.82, 2.24) is 14.9 Å². The van der Waals surface area contributed by atoms with Crippen LogP contribution in [0.25, 0.3) is 0 Å². The smallest absolute Gasteiger partial charge is 0.250 e. The molecule has 2 aliphatic heterocycles. The number of aryl methyl sites for hydroxylation is 1. The van der Waals surface area contributed by atoms with Gasteiger partial charge in [0.1, 0.15) is 6.10 Å². The first-order valence-electron chi connectivity index (χ1n) is 9.45. The largest absolute Gasteiger partial charge is 0.470 e. The first-order chi connectivity index (χ1) is 13.1. The number of aromatic amines is 1. The van der Waals surface area contributed by atoms with E-state index in [0.29, 0.717) is 32.4 Å². The van der Waals surface area contributed by atoms with E-state index in [-0.39, 0.29) is 17.9 Å². The summed E-state index contributed by atoms with van der Waals surface area (Å²) in [7, 11) is 0. The zero-order valence-corrected chi connectivity index (χ0v) is 15.2. The van der Waals surface area contributed by atoms with Gasteiger partial charge in [-0.3, -0.25) is 4.79 Å². The number of carbonyl (C=O) groups excluding carboxylic acids is 1. The summed E-state index contributed by atoms with van der Waals surface area (Å²) < 4.78 is 25.5. The molecule has 1 amide bonds. The van der Waals surface area contributed by atoms with Crippen LogP contribution >= 0.6 is 0 Å². The standard InChI is InChI=1S/C20H24FN3O3/c21-17-5-2-10-23-19(17)27-16-12-20(26-13-16)8-3-11-24(14-20)18(25)7-6-15-4-1-9-22-15/h1-2,4-5,9-10,16,22H,3,6-8,11-14H2/t16-,20-/m1/s1. The van der Waals surface area contributed by atoms with E-state index in [1.54, 1.807) is 0 Å². The molecule has 0 saturated carbocycles. The van der Waals surface area contributed by atoms with E-state index in [1.807, 2.05) is 23.2 Å². The number of likely N-dealkylation sites (tertiary alicyclic amines) is 1. The predicted octanol–water partition coefficient (Wildman–Crippen LogP) is 2.71. The molecule has 1 spiro atoms. The van der Waals surface area contributed by atoms with E-state index in [2.05, 4.69) is 9.97 Å². The second kappa shape index (κ2) is 7.68. The number of H-pyrrole nitrogens is 1. The average molecular weight is 373 g/mol. The topological polar surface area (TPSA) is 67.5 Å². The molecule has 27 heavy (non-hydrogen) atoms. The fraction of sp³-hybridized carbons (Fsp3) is 0.500. The number of carbonyl (C=O) groups is 1. The summed E-state index contributed by atoms with van der Waals surface area (Å²) in [6.45, 7) is 1.72. The van der Waals surface area contributed by atoms with Crippen molar-refractivity contribution in [3.63, 3.8) is 0 Å². The molecule has 4 heterocycles. The summed E-state index contributed by atoms with van der Waals surface area (Å²) in [5.74, 6) is -0.312. The number of amides is 1. The van der Waals surface area contributed by atoms with E-state index in [4.69, 9.17) is 9.47 Å². The highest BCUT2D eigenvalue weighted by Gasteiger charge is 2.45. The lowest BCUT2D eigenvalue weighted by atomic mass is 9.89. The maximum atomic E-state index is 13.8. The maximum Gasteiger partial charge on any atom is 0.250 e. The van der Waals surface area contributed by atoms with Gasteiger partial charge in [0.2, 0.25) is 5.91 Å². The van der Waals surface area contributed by atoms with Gasteiger partial charge in [-0.15, -0.1) is 0 Å². The molecule has 2 aliphatic rings. The van der Waals surface area contributed by atoms with Crippen LogP contribution < -0.4 is 4.74 Å². The van der Waals surface area contributed by atoms with Crippen molar-refractivity contribution in [2.75, 3.05) is 19.7 Å². The van der Waals surface area contributed by atoms with Gasteiger partial charge in [0.15, 0.2) is 5.82 Å². The third-order valence-corrected chi connectivity index (χ3v) is 5.34. The molecular formula is C20H24FN3O3. The Morgan fingerprint density at radius 3 is 3.19 bits per heavy atom. The molecule has 2 atom stereocenters. The number of rotatable bonds is 5. The van der Waals surface area contributed by atoms with Crippen molar-refractivity contribution in [3.05, 3.63) is 48.2 Å². The van der Waals surface area contributed by atoms with Crippen molar-refractivity contribution < 1.29 is 18.7 Å². The molecule has 0 unspecified atom stereocenters. The highest BCUT2D eigenvalue weighted by molar-refractivity contribution is 5.76. The van der Waals surface area contributed by atoms with Crippen molar-refractivity contribution in [1.29, 1.82) is 0 Å². The molecule has 7 heteroatoms. The van der Waals surface area contributed by atoms with Crippen molar-refractivity contribution in [2.24, 2.45) is 0 Å². The van der Waals surface area contributed by atoms with Gasteiger partial charge in [0.05, 0.1) is 12.2 Å². The Bertz CT molecular complexity index is 783. The predicted molar refractivity (Wildman–Crippen MR) is 96.8 cm³/mol. The van der Waals surface area contributed by atoms with Gasteiger partial charge in [-0.25, -0.2) is 9.37 Å². The van der Waals surface area contributed by atoms with Crippen molar-refractivity contribution in [2.45, 2.75) is 43.8 Å². The molecule has 2 fully saturated rings. The molecule has 4 rings (SSSR count). The zero-order chi connectivity index (χ0) is 18.7. The lowest BCUT2D eigenvalue weighted by Crippen LogP contribution is -2.50. The van der Waals surface area contributed by atoms with Crippen molar-refractivity contribution in [3.8, 4) is 5.88 Å². The summed E-state index contributed by atoms with van der Waals surface area (Å²) >= 11 is 0. The molecule has 0 aliphatic carbocycles. The number of pyridine rings is 1. The van der Waals surface area contributed by atoms with Crippen LogP contribution in [0.2, 0.25) is 0 Å². The fourth-order valence-electron chi connectivity index (χ4n) is 4.01. The number of nitrogens with zero attached hydrogens (tertiary/aromatic N) is 2. The Morgan fingerprint density at radius 2 is 2.37 bits per heavy atom. The Hall–Kier alpha value is -2.41. The summed E-state index contributed by atoms with van der Waals surface area (Å²) in [5, 5.41) is 0. The number of hydrogen-bond donors (Lipinski definition) is 1. The number of halogens is 1. The Labute approximate surface area is 157 Å². The molecule has 0 radical (unpaired) electrons. The first-order valence-corrected chi connectivity index (χ1v) is 9.45. The van der Waals surface area contributed by atoms with E-state index < -0.39 is 11.4 Å². The minimum absolute atomic E-state index is 0.0119. The lowest BCUT2D eigenvalue weighted by Gasteiger charge is -2.39. The summed E-state index contributed by atoms with van der Waals surface area (Å²) in [6.07, 6.45) is 6.75. The summed E-state index contributed by atoms with van der Waals surface area (Å²) in [4.78, 5) is 21.6. The van der Waals surface area contributed by atoms with E-state index in [1.165, 1.54) is 18.3 Å². The van der Waals surface area contributed by atoms with Crippen LogP contribution in [0.4, 0.5) is 4.39 Å². The first kappa shape index (κ1) is 18.0. The third kappa shape index (κ3) is 4.13. The van der Waals surface area contributed by atoms with Gasteiger partial charge in [0, 0.05) is 44.0 Å². The third-order valence-electron chi connectivity index (χ3n) is 5.34. The molecule has 2 saturated heterocycles. The van der Waals surface area contributed by atoms with Crippen molar-refractivity contribution >= 4 is 5.91 Å².